The number of nitrogen functional groups attached to an aromatic ring is 1. The van der Waals surface area contributed by atoms with E-state index in [2.05, 4.69) is 5.32 Å². The molecule has 0 saturated heterocycles. The van der Waals surface area contributed by atoms with Crippen molar-refractivity contribution in [3.63, 3.8) is 0 Å². The summed E-state index contributed by atoms with van der Waals surface area (Å²) >= 11 is 5.78. The lowest BCUT2D eigenvalue weighted by atomic mass is 10.2. The highest BCUT2D eigenvalue weighted by Crippen LogP contribution is 2.26. The van der Waals surface area contributed by atoms with Gasteiger partial charge in [-0.05, 0) is 42.8 Å². The number of aryl methyl sites for hydroxylation is 1. The molecule has 0 fully saturated rings. The molecule has 4 heteroatoms. The van der Waals surface area contributed by atoms with Crippen molar-refractivity contribution in [2.75, 3.05) is 11.1 Å². The average molecular weight is 251 g/mol. The first kappa shape index (κ1) is 11.7. The van der Waals surface area contributed by atoms with Crippen LogP contribution in [-0.4, -0.2) is 0 Å². The van der Waals surface area contributed by atoms with E-state index in [1.165, 1.54) is 12.1 Å². The van der Waals surface area contributed by atoms with Crippen molar-refractivity contribution in [3.05, 3.63) is 52.8 Å². The van der Waals surface area contributed by atoms with Crippen LogP contribution in [0.15, 0.2) is 36.4 Å². The van der Waals surface area contributed by atoms with Gasteiger partial charge in [-0.15, -0.1) is 0 Å². The molecule has 0 saturated carbocycles. The van der Waals surface area contributed by atoms with Crippen LogP contribution in [0.4, 0.5) is 21.5 Å². The number of rotatable bonds is 2. The number of hydrogen-bond acceptors (Lipinski definition) is 2. The van der Waals surface area contributed by atoms with Gasteiger partial charge in [-0.2, -0.15) is 0 Å². The maximum Gasteiger partial charge on any atom is 0.126 e. The summed E-state index contributed by atoms with van der Waals surface area (Å²) in [5, 5.41) is 3.39. The van der Waals surface area contributed by atoms with Crippen molar-refractivity contribution < 1.29 is 4.39 Å². The van der Waals surface area contributed by atoms with Gasteiger partial charge in [0.1, 0.15) is 5.82 Å². The van der Waals surface area contributed by atoms with Gasteiger partial charge in [0, 0.05) is 10.7 Å². The molecule has 0 heterocycles. The van der Waals surface area contributed by atoms with Crippen LogP contribution in [0.2, 0.25) is 5.02 Å². The van der Waals surface area contributed by atoms with Crippen molar-refractivity contribution >= 4 is 28.7 Å². The molecule has 3 N–H and O–H groups in total. The van der Waals surface area contributed by atoms with E-state index in [0.717, 1.165) is 11.3 Å². The summed E-state index contributed by atoms with van der Waals surface area (Å²) in [6, 6.07) is 9.89. The predicted octanol–water partition coefficient (Wildman–Crippen LogP) is 4.11. The molecule has 0 bridgehead atoms. The van der Waals surface area contributed by atoms with Gasteiger partial charge in [0.2, 0.25) is 0 Å². The smallest absolute Gasteiger partial charge is 0.126 e. The Labute approximate surface area is 104 Å². The second-order valence-corrected chi connectivity index (χ2v) is 4.31. The minimum absolute atomic E-state index is 0.346. The summed E-state index contributed by atoms with van der Waals surface area (Å²) in [4.78, 5) is 0. The van der Waals surface area contributed by atoms with Crippen LogP contribution in [0.1, 0.15) is 5.56 Å². The monoisotopic (exact) mass is 250 g/mol. The molecule has 0 aromatic heterocycles. The van der Waals surface area contributed by atoms with Crippen LogP contribution < -0.4 is 11.1 Å². The van der Waals surface area contributed by atoms with Gasteiger partial charge < -0.3 is 11.1 Å². The van der Waals surface area contributed by atoms with Crippen LogP contribution >= 0.6 is 11.6 Å². The highest BCUT2D eigenvalue weighted by molar-refractivity contribution is 6.30. The summed E-state index contributed by atoms with van der Waals surface area (Å²) in [6.07, 6.45) is 0. The van der Waals surface area contributed by atoms with E-state index in [-0.39, 0.29) is 5.82 Å². The third-order valence-electron chi connectivity index (χ3n) is 2.35. The van der Waals surface area contributed by atoms with E-state index < -0.39 is 0 Å². The minimum Gasteiger partial charge on any atom is -0.397 e. The summed E-state index contributed by atoms with van der Waals surface area (Å²) in [5.74, 6) is -0.383. The molecule has 0 spiro atoms. The summed E-state index contributed by atoms with van der Waals surface area (Å²) in [7, 11) is 0. The van der Waals surface area contributed by atoms with Crippen LogP contribution in [0, 0.1) is 12.7 Å². The molecule has 2 aromatic rings. The highest BCUT2D eigenvalue weighted by atomic mass is 35.5. The summed E-state index contributed by atoms with van der Waals surface area (Å²) in [6.45, 7) is 1.96. The molecule has 88 valence electrons. The lowest BCUT2D eigenvalue weighted by molar-refractivity contribution is 0.628. The van der Waals surface area contributed by atoms with Gasteiger partial charge in [0.05, 0.1) is 11.4 Å². The fraction of sp³-hybridized carbons (Fsp3) is 0.0769. The lowest BCUT2D eigenvalue weighted by Crippen LogP contribution is -1.97. The molecular weight excluding hydrogens is 239 g/mol. The zero-order valence-electron chi connectivity index (χ0n) is 9.30. The number of nitrogens with two attached hydrogens (primary N) is 1. The van der Waals surface area contributed by atoms with Gasteiger partial charge >= 0.3 is 0 Å². The molecule has 0 aliphatic carbocycles. The van der Waals surface area contributed by atoms with Gasteiger partial charge in [-0.1, -0.05) is 17.7 Å². The highest BCUT2D eigenvalue weighted by Gasteiger charge is 2.03. The second-order valence-electron chi connectivity index (χ2n) is 3.87. The van der Waals surface area contributed by atoms with E-state index in [1.807, 2.05) is 19.1 Å². The second kappa shape index (κ2) is 4.63. The Hall–Kier alpha value is -1.74. The Morgan fingerprint density at radius 3 is 2.65 bits per heavy atom. The Bertz CT molecular complexity index is 535. The molecule has 2 aromatic carbocycles. The summed E-state index contributed by atoms with van der Waals surface area (Å²) in [5.41, 5.74) is 8.82. The summed E-state index contributed by atoms with van der Waals surface area (Å²) < 4.78 is 13.2. The van der Waals surface area contributed by atoms with Crippen molar-refractivity contribution in [1.82, 2.24) is 0 Å². The maximum atomic E-state index is 13.2. The molecule has 0 atom stereocenters. The Morgan fingerprint density at radius 1 is 1.18 bits per heavy atom. The number of nitrogens with one attached hydrogen (secondary N) is 1. The van der Waals surface area contributed by atoms with E-state index in [4.69, 9.17) is 17.3 Å². The van der Waals surface area contributed by atoms with Crippen LogP contribution in [0.25, 0.3) is 0 Å². The third kappa shape index (κ3) is 2.88. The lowest BCUT2D eigenvalue weighted by Gasteiger charge is -2.10. The first-order valence-electron chi connectivity index (χ1n) is 5.14. The number of hydrogen-bond donors (Lipinski definition) is 2. The first-order valence-corrected chi connectivity index (χ1v) is 5.51. The number of halogens is 2. The predicted molar refractivity (Wildman–Crippen MR) is 70.3 cm³/mol. The zero-order chi connectivity index (χ0) is 12.4. The molecular formula is C13H12ClFN2. The van der Waals surface area contributed by atoms with E-state index in [0.29, 0.717) is 16.4 Å². The maximum absolute atomic E-state index is 13.2. The van der Waals surface area contributed by atoms with Gasteiger partial charge in [0.15, 0.2) is 0 Å². The quantitative estimate of drug-likeness (QED) is 0.787. The van der Waals surface area contributed by atoms with Crippen molar-refractivity contribution in [1.29, 1.82) is 0 Å². The van der Waals surface area contributed by atoms with Gasteiger partial charge in [-0.25, -0.2) is 4.39 Å². The Morgan fingerprint density at radius 2 is 1.94 bits per heavy atom. The van der Waals surface area contributed by atoms with Crippen LogP contribution in [0.3, 0.4) is 0 Å². The molecule has 0 radical (unpaired) electrons. The first-order chi connectivity index (χ1) is 8.04. The normalized spacial score (nSPS) is 10.3. The molecule has 2 rings (SSSR count). The molecule has 0 aliphatic heterocycles. The Balaban J connectivity index is 2.34. The topological polar surface area (TPSA) is 38.0 Å². The van der Waals surface area contributed by atoms with Crippen molar-refractivity contribution in [2.24, 2.45) is 0 Å². The van der Waals surface area contributed by atoms with E-state index in [9.17, 15) is 4.39 Å². The number of benzene rings is 2. The van der Waals surface area contributed by atoms with Crippen molar-refractivity contribution in [2.45, 2.75) is 6.92 Å². The molecule has 17 heavy (non-hydrogen) atoms. The largest absolute Gasteiger partial charge is 0.397 e. The third-order valence-corrected chi connectivity index (χ3v) is 2.57. The van der Waals surface area contributed by atoms with Crippen molar-refractivity contribution in [3.8, 4) is 0 Å². The molecule has 0 amide bonds. The zero-order valence-corrected chi connectivity index (χ0v) is 10.1. The van der Waals surface area contributed by atoms with Crippen LogP contribution in [0.5, 0.6) is 0 Å². The van der Waals surface area contributed by atoms with E-state index >= 15 is 0 Å². The average Bonchev–Trinajstić information content (AvgIpc) is 2.22. The minimum atomic E-state index is -0.383. The van der Waals surface area contributed by atoms with Gasteiger partial charge in [-0.3, -0.25) is 0 Å². The molecule has 0 unspecified atom stereocenters. The number of anilines is 3. The van der Waals surface area contributed by atoms with Crippen LogP contribution in [-0.2, 0) is 0 Å². The molecule has 2 nitrogen and oxygen atoms in total. The fourth-order valence-corrected chi connectivity index (χ4v) is 1.78. The van der Waals surface area contributed by atoms with E-state index in [1.54, 1.807) is 12.1 Å². The fourth-order valence-electron chi connectivity index (χ4n) is 1.56. The Kier molecular flexibility index (Phi) is 3.20. The molecule has 0 aliphatic rings. The SMILES string of the molecule is Cc1ccc(N)c(Nc2cc(F)cc(Cl)c2)c1. The standard InChI is InChI=1S/C13H12ClFN2/c1-8-2-3-12(16)13(4-8)17-11-6-9(14)5-10(15)7-11/h2-7,17H,16H2,1H3. The van der Waals surface area contributed by atoms with Gasteiger partial charge in [0.25, 0.3) is 0 Å².